The van der Waals surface area contributed by atoms with Crippen molar-refractivity contribution in [1.82, 2.24) is 4.90 Å². The van der Waals surface area contributed by atoms with Crippen molar-refractivity contribution in [3.8, 4) is 0 Å². The van der Waals surface area contributed by atoms with Crippen LogP contribution >= 0.6 is 11.6 Å². The Balaban J connectivity index is 1.54. The molecule has 166 valence electrons. The van der Waals surface area contributed by atoms with E-state index in [-0.39, 0.29) is 34.5 Å². The molecule has 2 aromatic carbocycles. The van der Waals surface area contributed by atoms with Gasteiger partial charge in [-0.05, 0) is 54.4 Å². The van der Waals surface area contributed by atoms with E-state index in [2.05, 4.69) is 30.5 Å². The summed E-state index contributed by atoms with van der Waals surface area (Å²) >= 11 is 6.06. The van der Waals surface area contributed by atoms with Crippen LogP contribution in [0.1, 0.15) is 59.6 Å². The van der Waals surface area contributed by atoms with Crippen LogP contribution in [0.25, 0.3) is 0 Å². The molecule has 2 aromatic rings. The van der Waals surface area contributed by atoms with Crippen molar-refractivity contribution >= 4 is 28.9 Å². The minimum atomic E-state index is -0.445. The maximum atomic E-state index is 13.5. The maximum Gasteiger partial charge on any atom is 0.288 e. The van der Waals surface area contributed by atoms with Crippen LogP contribution in [0.2, 0.25) is 5.02 Å². The highest BCUT2D eigenvalue weighted by molar-refractivity contribution is 6.32. The van der Waals surface area contributed by atoms with Crippen molar-refractivity contribution in [2.75, 3.05) is 18.4 Å². The summed E-state index contributed by atoms with van der Waals surface area (Å²) in [6.07, 6.45) is 7.31. The number of likely N-dealkylation sites (tertiary alicyclic amines) is 1. The number of nitrogens with one attached hydrogen (secondary N) is 1. The number of para-hydroxylation sites is 1. The highest BCUT2D eigenvalue weighted by Gasteiger charge is 2.40. The van der Waals surface area contributed by atoms with E-state index in [1.165, 1.54) is 0 Å². The van der Waals surface area contributed by atoms with Gasteiger partial charge in [0, 0.05) is 25.1 Å². The number of piperidine rings is 1. The maximum absolute atomic E-state index is 13.5. The second kappa shape index (κ2) is 8.24. The lowest BCUT2D eigenvalue weighted by Gasteiger charge is -2.39. The molecule has 1 saturated heterocycles. The van der Waals surface area contributed by atoms with Gasteiger partial charge in [0.05, 0.1) is 22.2 Å². The molecule has 2 heterocycles. The van der Waals surface area contributed by atoms with E-state index in [0.717, 1.165) is 49.2 Å². The summed E-state index contributed by atoms with van der Waals surface area (Å²) in [5.74, 6) is 1.10. The predicted octanol–water partition coefficient (Wildman–Crippen LogP) is 5.95. The zero-order valence-corrected chi connectivity index (χ0v) is 18.7. The van der Waals surface area contributed by atoms with Crippen LogP contribution in [0.5, 0.6) is 0 Å². The van der Waals surface area contributed by atoms with E-state index in [1.807, 2.05) is 23.1 Å². The topological polar surface area (TPSA) is 75.5 Å². The minimum absolute atomic E-state index is 0.0579. The van der Waals surface area contributed by atoms with Crippen LogP contribution in [-0.2, 0) is 0 Å². The van der Waals surface area contributed by atoms with Crippen LogP contribution in [0, 0.1) is 22.0 Å². The number of carbonyl (C=O) groups excluding carboxylic acids is 1. The Morgan fingerprint density at radius 3 is 2.75 bits per heavy atom. The van der Waals surface area contributed by atoms with Crippen LogP contribution in [0.3, 0.4) is 0 Å². The number of carbonyl (C=O) groups is 1. The second-order valence-corrected chi connectivity index (χ2v) is 9.60. The number of allylic oxidation sites excluding steroid dienone is 2. The molecule has 3 atom stereocenters. The van der Waals surface area contributed by atoms with E-state index in [9.17, 15) is 14.9 Å². The summed E-state index contributed by atoms with van der Waals surface area (Å²) in [5, 5.41) is 15.2. The van der Waals surface area contributed by atoms with Gasteiger partial charge in [-0.25, -0.2) is 0 Å². The van der Waals surface area contributed by atoms with Crippen molar-refractivity contribution in [3.63, 3.8) is 0 Å². The average molecular weight is 452 g/mol. The third-order valence-electron chi connectivity index (χ3n) is 7.22. The lowest BCUT2D eigenvalue weighted by Crippen LogP contribution is -2.39. The lowest BCUT2D eigenvalue weighted by atomic mass is 9.76. The van der Waals surface area contributed by atoms with E-state index >= 15 is 0 Å². The first kappa shape index (κ1) is 21.0. The molecular weight excluding hydrogens is 426 g/mol. The van der Waals surface area contributed by atoms with Gasteiger partial charge in [0.25, 0.3) is 11.6 Å². The Morgan fingerprint density at radius 2 is 2.00 bits per heavy atom. The molecule has 1 aliphatic carbocycles. The summed E-state index contributed by atoms with van der Waals surface area (Å²) in [4.78, 5) is 26.4. The van der Waals surface area contributed by atoms with Crippen LogP contribution in [0.15, 0.2) is 48.6 Å². The first-order valence-corrected chi connectivity index (χ1v) is 11.6. The van der Waals surface area contributed by atoms with Crippen LogP contribution in [-0.4, -0.2) is 28.8 Å². The van der Waals surface area contributed by atoms with Crippen molar-refractivity contribution in [3.05, 3.63) is 80.4 Å². The third kappa shape index (κ3) is 3.56. The third-order valence-corrected chi connectivity index (χ3v) is 7.54. The number of hydrogen-bond donors (Lipinski definition) is 1. The molecule has 0 aromatic heterocycles. The number of nitro benzene ring substituents is 1. The van der Waals surface area contributed by atoms with Crippen LogP contribution < -0.4 is 5.32 Å². The minimum Gasteiger partial charge on any atom is -0.377 e. The Hall–Kier alpha value is -2.86. The molecule has 0 bridgehead atoms. The molecule has 0 spiro atoms. The number of anilines is 1. The molecule has 6 nitrogen and oxygen atoms in total. The zero-order valence-electron chi connectivity index (χ0n) is 18.0. The summed E-state index contributed by atoms with van der Waals surface area (Å²) in [7, 11) is 0. The van der Waals surface area contributed by atoms with E-state index in [0.29, 0.717) is 11.5 Å². The standard InChI is InChI=1S/C25H26ClN3O3/c1-15-10-12-28(13-11-15)25(30)20-7-3-6-19-17-4-2-5-18(17)23(27-24(19)20)16-8-9-21(26)22(14-16)29(31)32/h2-4,6-9,14-15,17-18,23,27H,5,10-13H2,1H3. The van der Waals surface area contributed by atoms with Crippen molar-refractivity contribution in [2.24, 2.45) is 11.8 Å². The van der Waals surface area contributed by atoms with Crippen molar-refractivity contribution in [2.45, 2.75) is 38.1 Å². The first-order chi connectivity index (χ1) is 15.4. The molecule has 3 unspecified atom stereocenters. The number of nitro groups is 1. The van der Waals surface area contributed by atoms with Gasteiger partial charge in [0.1, 0.15) is 5.02 Å². The van der Waals surface area contributed by atoms with Gasteiger partial charge >= 0.3 is 0 Å². The largest absolute Gasteiger partial charge is 0.377 e. The number of benzene rings is 2. The van der Waals surface area contributed by atoms with Crippen molar-refractivity contribution < 1.29 is 9.72 Å². The fraction of sp³-hybridized carbons (Fsp3) is 0.400. The van der Waals surface area contributed by atoms with Crippen molar-refractivity contribution in [1.29, 1.82) is 0 Å². The molecule has 7 heteroatoms. The Bertz CT molecular complexity index is 1110. The molecule has 1 N–H and O–H groups in total. The van der Waals surface area contributed by atoms with Gasteiger partial charge in [-0.3, -0.25) is 14.9 Å². The Morgan fingerprint density at radius 1 is 1.22 bits per heavy atom. The fourth-order valence-corrected chi connectivity index (χ4v) is 5.56. The lowest BCUT2D eigenvalue weighted by molar-refractivity contribution is -0.384. The number of fused-ring (bicyclic) bond motifs is 3. The second-order valence-electron chi connectivity index (χ2n) is 9.19. The number of rotatable bonds is 3. The molecule has 0 radical (unpaired) electrons. The van der Waals surface area contributed by atoms with E-state index < -0.39 is 4.92 Å². The highest BCUT2D eigenvalue weighted by Crippen LogP contribution is 2.51. The molecule has 5 rings (SSSR count). The quantitative estimate of drug-likeness (QED) is 0.355. The number of amides is 1. The normalized spacial score (nSPS) is 24.6. The monoisotopic (exact) mass is 451 g/mol. The SMILES string of the molecule is CC1CCN(C(=O)c2cccc3c2NC(c2ccc(Cl)c([N+](=O)[O-])c2)C2CC=CC32)CC1. The smallest absolute Gasteiger partial charge is 0.288 e. The van der Waals surface area contributed by atoms with Gasteiger partial charge in [-0.2, -0.15) is 0 Å². The zero-order chi connectivity index (χ0) is 22.4. The van der Waals surface area contributed by atoms with Crippen LogP contribution in [0.4, 0.5) is 11.4 Å². The molecule has 0 saturated carbocycles. The summed E-state index contributed by atoms with van der Waals surface area (Å²) in [5.41, 5.74) is 3.39. The molecular formula is C25H26ClN3O3. The van der Waals surface area contributed by atoms with Gasteiger partial charge < -0.3 is 10.2 Å². The number of nitrogens with zero attached hydrogens (tertiary/aromatic N) is 2. The van der Waals surface area contributed by atoms with Gasteiger partial charge in [0.15, 0.2) is 0 Å². The fourth-order valence-electron chi connectivity index (χ4n) is 5.37. The number of hydrogen-bond acceptors (Lipinski definition) is 4. The predicted molar refractivity (Wildman–Crippen MR) is 125 cm³/mol. The Labute approximate surface area is 192 Å². The summed E-state index contributed by atoms with van der Waals surface area (Å²) in [6.45, 7) is 3.79. The summed E-state index contributed by atoms with van der Waals surface area (Å²) in [6, 6.07) is 10.8. The Kier molecular flexibility index (Phi) is 5.41. The van der Waals surface area contributed by atoms with Gasteiger partial charge in [-0.1, -0.05) is 48.9 Å². The summed E-state index contributed by atoms with van der Waals surface area (Å²) < 4.78 is 0. The molecule has 2 aliphatic heterocycles. The molecule has 1 fully saturated rings. The van der Waals surface area contributed by atoms with Gasteiger partial charge in [-0.15, -0.1) is 0 Å². The van der Waals surface area contributed by atoms with E-state index in [1.54, 1.807) is 12.1 Å². The average Bonchev–Trinajstić information content (AvgIpc) is 3.29. The number of halogens is 1. The van der Waals surface area contributed by atoms with E-state index in [4.69, 9.17) is 11.6 Å². The van der Waals surface area contributed by atoms with Gasteiger partial charge in [0.2, 0.25) is 0 Å². The molecule has 1 amide bonds. The first-order valence-electron chi connectivity index (χ1n) is 11.2. The highest BCUT2D eigenvalue weighted by atomic mass is 35.5. The molecule has 32 heavy (non-hydrogen) atoms. The molecule has 3 aliphatic rings.